The van der Waals surface area contributed by atoms with Crippen molar-refractivity contribution in [1.29, 1.82) is 0 Å². The first-order chi connectivity index (χ1) is 8.58. The van der Waals surface area contributed by atoms with Gasteiger partial charge in [0.25, 0.3) is 0 Å². The van der Waals surface area contributed by atoms with Crippen molar-refractivity contribution in [2.75, 3.05) is 0 Å². The van der Waals surface area contributed by atoms with Crippen molar-refractivity contribution in [3.05, 3.63) is 69.2 Å². The minimum absolute atomic E-state index is 0.374. The number of rotatable bonds is 3. The highest BCUT2D eigenvalue weighted by Crippen LogP contribution is 2.30. The third-order valence-electron chi connectivity index (χ3n) is 3.31. The summed E-state index contributed by atoms with van der Waals surface area (Å²) in [4.78, 5) is 0.374. The average Bonchev–Trinajstić information content (AvgIpc) is 2.35. The molecule has 0 saturated carbocycles. The molecule has 0 N–H and O–H groups in total. The van der Waals surface area contributed by atoms with E-state index in [-0.39, 0.29) is 0 Å². The summed E-state index contributed by atoms with van der Waals surface area (Å²) in [5.41, 5.74) is 5.48. The van der Waals surface area contributed by atoms with Gasteiger partial charge in [0.05, 0.1) is 0 Å². The van der Waals surface area contributed by atoms with Crippen molar-refractivity contribution in [2.45, 2.75) is 25.1 Å². The first-order valence-corrected chi connectivity index (χ1v) is 7.73. The van der Waals surface area contributed by atoms with E-state index in [1.165, 1.54) is 22.3 Å². The normalized spacial score (nSPS) is 12.4. The number of halogens is 2. The highest BCUT2D eigenvalue weighted by Gasteiger charge is 2.11. The van der Waals surface area contributed by atoms with Gasteiger partial charge in [-0.25, -0.2) is 0 Å². The molecule has 94 valence electrons. The maximum absolute atomic E-state index is 3.81. The summed E-state index contributed by atoms with van der Waals surface area (Å²) in [6, 6.07) is 15.0. The molecule has 2 aromatic carbocycles. The van der Waals surface area contributed by atoms with E-state index < -0.39 is 0 Å². The van der Waals surface area contributed by atoms with Crippen molar-refractivity contribution in [1.82, 2.24) is 0 Å². The Kier molecular flexibility index (Phi) is 4.63. The van der Waals surface area contributed by atoms with Crippen LogP contribution >= 0.6 is 31.9 Å². The van der Waals surface area contributed by atoms with Gasteiger partial charge in [0, 0.05) is 9.30 Å². The van der Waals surface area contributed by atoms with Crippen molar-refractivity contribution in [2.24, 2.45) is 0 Å². The van der Waals surface area contributed by atoms with E-state index >= 15 is 0 Å². The molecule has 18 heavy (non-hydrogen) atoms. The number of aryl methyl sites for hydroxylation is 1. The van der Waals surface area contributed by atoms with Crippen LogP contribution in [0.25, 0.3) is 0 Å². The van der Waals surface area contributed by atoms with Crippen LogP contribution in [0.5, 0.6) is 0 Å². The van der Waals surface area contributed by atoms with Gasteiger partial charge in [-0.1, -0.05) is 62.2 Å². The Morgan fingerprint density at radius 2 is 1.67 bits per heavy atom. The quantitative estimate of drug-likeness (QED) is 0.606. The first kappa shape index (κ1) is 13.8. The second-order valence-corrected chi connectivity index (χ2v) is 6.61. The van der Waals surface area contributed by atoms with Crippen molar-refractivity contribution < 1.29 is 0 Å². The van der Waals surface area contributed by atoms with Gasteiger partial charge in [-0.15, -0.1) is 0 Å². The largest absolute Gasteiger partial charge is 0.0835 e. The van der Waals surface area contributed by atoms with Gasteiger partial charge < -0.3 is 0 Å². The molecule has 0 aliphatic carbocycles. The van der Waals surface area contributed by atoms with E-state index in [2.05, 4.69) is 88.2 Å². The molecular weight excluding hydrogens is 352 g/mol. The monoisotopic (exact) mass is 366 g/mol. The third-order valence-corrected chi connectivity index (χ3v) is 4.66. The minimum Gasteiger partial charge on any atom is -0.0835 e. The molecule has 0 heterocycles. The van der Waals surface area contributed by atoms with Crippen LogP contribution in [-0.2, 0) is 6.42 Å². The number of benzene rings is 2. The minimum atomic E-state index is 0.374. The molecule has 0 aliphatic rings. The molecule has 2 rings (SSSR count). The maximum atomic E-state index is 3.81. The lowest BCUT2D eigenvalue weighted by atomic mass is 9.97. The van der Waals surface area contributed by atoms with Crippen LogP contribution in [0.2, 0.25) is 0 Å². The SMILES string of the molecule is Cc1cccc(C(Br)Cc2ccc(Br)cc2)c1C. The van der Waals surface area contributed by atoms with Gasteiger partial charge in [0.1, 0.15) is 0 Å². The summed E-state index contributed by atoms with van der Waals surface area (Å²) in [7, 11) is 0. The Morgan fingerprint density at radius 1 is 1.00 bits per heavy atom. The van der Waals surface area contributed by atoms with Gasteiger partial charge in [-0.05, 0) is 54.7 Å². The van der Waals surface area contributed by atoms with Gasteiger partial charge in [-0.2, -0.15) is 0 Å². The molecule has 0 radical (unpaired) electrons. The lowest BCUT2D eigenvalue weighted by molar-refractivity contribution is 0.934. The summed E-state index contributed by atoms with van der Waals surface area (Å²) in [6.07, 6.45) is 1.01. The van der Waals surface area contributed by atoms with Gasteiger partial charge in [0.15, 0.2) is 0 Å². The third kappa shape index (κ3) is 3.24. The molecule has 0 aliphatic heterocycles. The smallest absolute Gasteiger partial charge is 0.0438 e. The van der Waals surface area contributed by atoms with Gasteiger partial charge in [0.2, 0.25) is 0 Å². The Morgan fingerprint density at radius 3 is 2.33 bits per heavy atom. The molecule has 0 bridgehead atoms. The molecule has 1 unspecified atom stereocenters. The summed E-state index contributed by atoms with van der Waals surface area (Å²) >= 11 is 7.28. The molecule has 0 amide bonds. The molecular formula is C16H16Br2. The molecule has 0 fully saturated rings. The molecule has 0 saturated heterocycles. The predicted molar refractivity (Wildman–Crippen MR) is 85.4 cm³/mol. The second kappa shape index (κ2) is 6.03. The van der Waals surface area contributed by atoms with Crippen LogP contribution < -0.4 is 0 Å². The summed E-state index contributed by atoms with van der Waals surface area (Å²) in [5, 5.41) is 0. The Labute approximate surface area is 126 Å². The Balaban J connectivity index is 2.19. The van der Waals surface area contributed by atoms with E-state index in [1.807, 2.05) is 0 Å². The summed E-state index contributed by atoms with van der Waals surface area (Å²) in [5.74, 6) is 0. The average molecular weight is 368 g/mol. The predicted octanol–water partition coefficient (Wildman–Crippen LogP) is 5.74. The molecule has 2 aromatic rings. The van der Waals surface area contributed by atoms with Gasteiger partial charge >= 0.3 is 0 Å². The molecule has 2 heteroatoms. The van der Waals surface area contributed by atoms with Crippen molar-refractivity contribution in [3.63, 3.8) is 0 Å². The zero-order valence-electron chi connectivity index (χ0n) is 10.6. The fraction of sp³-hybridized carbons (Fsp3) is 0.250. The van der Waals surface area contributed by atoms with Crippen LogP contribution in [0.4, 0.5) is 0 Å². The molecule has 0 nitrogen and oxygen atoms in total. The zero-order valence-corrected chi connectivity index (χ0v) is 13.8. The van der Waals surface area contributed by atoms with Gasteiger partial charge in [-0.3, -0.25) is 0 Å². The van der Waals surface area contributed by atoms with E-state index in [1.54, 1.807) is 0 Å². The van der Waals surface area contributed by atoms with Crippen molar-refractivity contribution in [3.8, 4) is 0 Å². The highest BCUT2D eigenvalue weighted by atomic mass is 79.9. The summed E-state index contributed by atoms with van der Waals surface area (Å²) < 4.78 is 1.13. The molecule has 1 atom stereocenters. The molecule has 0 spiro atoms. The number of alkyl halides is 1. The topological polar surface area (TPSA) is 0 Å². The first-order valence-electron chi connectivity index (χ1n) is 6.02. The zero-order chi connectivity index (χ0) is 13.1. The van der Waals surface area contributed by atoms with Crippen LogP contribution in [0.1, 0.15) is 27.1 Å². The summed E-state index contributed by atoms with van der Waals surface area (Å²) in [6.45, 7) is 4.36. The standard InChI is InChI=1S/C16H16Br2/c1-11-4-3-5-15(12(11)2)16(18)10-13-6-8-14(17)9-7-13/h3-9,16H,10H2,1-2H3. The van der Waals surface area contributed by atoms with Crippen LogP contribution in [0, 0.1) is 13.8 Å². The van der Waals surface area contributed by atoms with Crippen LogP contribution in [0.3, 0.4) is 0 Å². The molecule has 0 aromatic heterocycles. The van der Waals surface area contributed by atoms with E-state index in [0.717, 1.165) is 10.9 Å². The van der Waals surface area contributed by atoms with E-state index in [0.29, 0.717) is 4.83 Å². The fourth-order valence-electron chi connectivity index (χ4n) is 2.05. The Bertz CT molecular complexity index is 529. The number of hydrogen-bond donors (Lipinski definition) is 0. The van der Waals surface area contributed by atoms with Crippen LogP contribution in [0.15, 0.2) is 46.9 Å². The number of hydrogen-bond acceptors (Lipinski definition) is 0. The maximum Gasteiger partial charge on any atom is 0.0438 e. The van der Waals surface area contributed by atoms with E-state index in [4.69, 9.17) is 0 Å². The van der Waals surface area contributed by atoms with Crippen LogP contribution in [-0.4, -0.2) is 0 Å². The fourth-order valence-corrected chi connectivity index (χ4v) is 3.18. The second-order valence-electron chi connectivity index (χ2n) is 4.59. The van der Waals surface area contributed by atoms with Crippen molar-refractivity contribution >= 4 is 31.9 Å². The van der Waals surface area contributed by atoms with E-state index in [9.17, 15) is 0 Å². The Hall–Kier alpha value is -0.600. The highest BCUT2D eigenvalue weighted by molar-refractivity contribution is 9.10. The lowest BCUT2D eigenvalue weighted by Gasteiger charge is -2.15. The lowest BCUT2D eigenvalue weighted by Crippen LogP contribution is -1.99.